The number of benzene rings is 1. The first-order chi connectivity index (χ1) is 8.21. The highest BCUT2D eigenvalue weighted by Crippen LogP contribution is 2.17. The maximum Gasteiger partial charge on any atom is 0.0802 e. The number of hydrogen-bond donors (Lipinski definition) is 1. The van der Waals surface area contributed by atoms with Crippen molar-refractivity contribution in [3.63, 3.8) is 0 Å². The first-order valence-electron chi connectivity index (χ1n) is 6.70. The third-order valence-electron chi connectivity index (χ3n) is 3.39. The Balaban J connectivity index is 2.48. The van der Waals surface area contributed by atoms with Gasteiger partial charge in [-0.05, 0) is 37.1 Å². The molecular weight excluding hydrogens is 210 g/mol. The Morgan fingerprint density at radius 2 is 1.65 bits per heavy atom. The first kappa shape index (κ1) is 14.2. The van der Waals surface area contributed by atoms with Crippen molar-refractivity contribution in [1.29, 1.82) is 0 Å². The Hall–Kier alpha value is -0.860. The topological polar surface area (TPSA) is 23.5 Å². The van der Waals surface area contributed by atoms with Gasteiger partial charge >= 0.3 is 0 Å². The molecule has 0 aliphatic heterocycles. The van der Waals surface area contributed by atoms with E-state index in [1.54, 1.807) is 0 Å². The molecule has 0 saturated carbocycles. The summed E-state index contributed by atoms with van der Waals surface area (Å²) in [4.78, 5) is 2.34. The highest BCUT2D eigenvalue weighted by molar-refractivity contribution is 5.24. The van der Waals surface area contributed by atoms with Crippen LogP contribution >= 0.6 is 0 Å². The number of nitrogens with zero attached hydrogens (tertiary/aromatic N) is 1. The summed E-state index contributed by atoms with van der Waals surface area (Å²) in [6.45, 7) is 9.53. The summed E-state index contributed by atoms with van der Waals surface area (Å²) in [5.41, 5.74) is 2.36. The van der Waals surface area contributed by atoms with E-state index in [4.69, 9.17) is 0 Å². The van der Waals surface area contributed by atoms with Crippen molar-refractivity contribution >= 4 is 0 Å². The van der Waals surface area contributed by atoms with Crippen LogP contribution in [0.5, 0.6) is 0 Å². The van der Waals surface area contributed by atoms with Gasteiger partial charge in [0.15, 0.2) is 0 Å². The van der Waals surface area contributed by atoms with Crippen LogP contribution in [0.3, 0.4) is 0 Å². The van der Waals surface area contributed by atoms with Crippen molar-refractivity contribution in [2.75, 3.05) is 19.6 Å². The van der Waals surface area contributed by atoms with Gasteiger partial charge in [-0.3, -0.25) is 0 Å². The molecule has 1 aromatic carbocycles. The largest absolute Gasteiger partial charge is 0.388 e. The van der Waals surface area contributed by atoms with Gasteiger partial charge in [0.25, 0.3) is 0 Å². The van der Waals surface area contributed by atoms with E-state index in [9.17, 15) is 5.11 Å². The quantitative estimate of drug-likeness (QED) is 0.785. The molecule has 0 aromatic heterocycles. The normalized spacial score (nSPS) is 13.0. The molecule has 0 radical (unpaired) electrons. The summed E-state index contributed by atoms with van der Waals surface area (Å²) in [6.07, 6.45) is 1.53. The third kappa shape index (κ3) is 4.49. The second-order valence-corrected chi connectivity index (χ2v) is 4.43. The Kier molecular flexibility index (Phi) is 6.23. The lowest BCUT2D eigenvalue weighted by Crippen LogP contribution is -2.25. The molecule has 17 heavy (non-hydrogen) atoms. The molecule has 1 unspecified atom stereocenters. The molecule has 0 spiro atoms. The van der Waals surface area contributed by atoms with E-state index < -0.39 is 0 Å². The zero-order chi connectivity index (χ0) is 12.7. The number of aryl methyl sites for hydroxylation is 1. The number of rotatable bonds is 7. The number of hydrogen-bond acceptors (Lipinski definition) is 2. The van der Waals surface area contributed by atoms with Crippen molar-refractivity contribution in [2.45, 2.75) is 39.7 Å². The monoisotopic (exact) mass is 235 g/mol. The maximum atomic E-state index is 10.1. The summed E-state index contributed by atoms with van der Waals surface area (Å²) in [5, 5.41) is 10.1. The molecule has 2 nitrogen and oxygen atoms in total. The van der Waals surface area contributed by atoms with Crippen LogP contribution in [0.1, 0.15) is 44.4 Å². The molecule has 0 bridgehead atoms. The Morgan fingerprint density at radius 3 is 2.12 bits per heavy atom. The third-order valence-corrected chi connectivity index (χ3v) is 3.39. The van der Waals surface area contributed by atoms with Crippen LogP contribution in [0.15, 0.2) is 24.3 Å². The Morgan fingerprint density at radius 1 is 1.06 bits per heavy atom. The SMILES string of the molecule is CCc1ccc(C(O)CCN(CC)CC)cc1. The predicted molar refractivity (Wildman–Crippen MR) is 73.2 cm³/mol. The van der Waals surface area contributed by atoms with Gasteiger partial charge in [-0.2, -0.15) is 0 Å². The van der Waals surface area contributed by atoms with E-state index in [0.717, 1.165) is 38.0 Å². The lowest BCUT2D eigenvalue weighted by molar-refractivity contribution is 0.145. The molecule has 0 amide bonds. The van der Waals surface area contributed by atoms with Gasteiger partial charge in [0.1, 0.15) is 0 Å². The fourth-order valence-corrected chi connectivity index (χ4v) is 1.99. The Labute approximate surface area is 105 Å². The summed E-state index contributed by atoms with van der Waals surface area (Å²) in [6, 6.07) is 8.31. The smallest absolute Gasteiger partial charge is 0.0802 e. The van der Waals surface area contributed by atoms with E-state index >= 15 is 0 Å². The summed E-state index contributed by atoms with van der Waals surface area (Å²) in [5.74, 6) is 0. The van der Waals surface area contributed by atoms with Crippen LogP contribution < -0.4 is 0 Å². The van der Waals surface area contributed by atoms with E-state index in [0.29, 0.717) is 0 Å². The van der Waals surface area contributed by atoms with E-state index in [2.05, 4.69) is 37.8 Å². The minimum absolute atomic E-state index is 0.332. The number of aliphatic hydroxyl groups is 1. The predicted octanol–water partition coefficient (Wildman–Crippen LogP) is 3.01. The average molecular weight is 235 g/mol. The minimum atomic E-state index is -0.332. The second-order valence-electron chi connectivity index (χ2n) is 4.43. The maximum absolute atomic E-state index is 10.1. The van der Waals surface area contributed by atoms with E-state index in [-0.39, 0.29) is 6.10 Å². The molecule has 0 saturated heterocycles. The van der Waals surface area contributed by atoms with Crippen LogP contribution in [0, 0.1) is 0 Å². The zero-order valence-corrected chi connectivity index (χ0v) is 11.3. The molecule has 0 aliphatic carbocycles. The zero-order valence-electron chi connectivity index (χ0n) is 11.3. The fraction of sp³-hybridized carbons (Fsp3) is 0.600. The molecule has 1 rings (SSSR count). The van der Waals surface area contributed by atoms with Crippen LogP contribution in [-0.4, -0.2) is 29.6 Å². The molecule has 1 N–H and O–H groups in total. The van der Waals surface area contributed by atoms with Gasteiger partial charge in [0.2, 0.25) is 0 Å². The number of aliphatic hydroxyl groups excluding tert-OH is 1. The van der Waals surface area contributed by atoms with Crippen molar-refractivity contribution < 1.29 is 5.11 Å². The lowest BCUT2D eigenvalue weighted by Gasteiger charge is -2.20. The standard InChI is InChI=1S/C15H25NO/c1-4-13-7-9-14(10-8-13)15(17)11-12-16(5-2)6-3/h7-10,15,17H,4-6,11-12H2,1-3H3. The van der Waals surface area contributed by atoms with Crippen molar-refractivity contribution in [3.8, 4) is 0 Å². The fourth-order valence-electron chi connectivity index (χ4n) is 1.99. The second kappa shape index (κ2) is 7.46. The summed E-state index contributed by atoms with van der Waals surface area (Å²) < 4.78 is 0. The average Bonchev–Trinajstić information content (AvgIpc) is 2.39. The van der Waals surface area contributed by atoms with Crippen molar-refractivity contribution in [2.24, 2.45) is 0 Å². The molecule has 1 aromatic rings. The molecule has 0 fully saturated rings. The van der Waals surface area contributed by atoms with Crippen molar-refractivity contribution in [1.82, 2.24) is 4.90 Å². The van der Waals surface area contributed by atoms with Gasteiger partial charge in [0, 0.05) is 6.54 Å². The molecule has 0 aliphatic rings. The lowest BCUT2D eigenvalue weighted by atomic mass is 10.0. The van der Waals surface area contributed by atoms with Gasteiger partial charge < -0.3 is 10.0 Å². The minimum Gasteiger partial charge on any atom is -0.388 e. The highest BCUT2D eigenvalue weighted by Gasteiger charge is 2.09. The molecule has 0 heterocycles. The van der Waals surface area contributed by atoms with Gasteiger partial charge in [-0.1, -0.05) is 45.0 Å². The van der Waals surface area contributed by atoms with Gasteiger partial charge in [-0.25, -0.2) is 0 Å². The molecule has 1 atom stereocenters. The van der Waals surface area contributed by atoms with Crippen LogP contribution in [0.4, 0.5) is 0 Å². The molecule has 2 heteroatoms. The summed E-state index contributed by atoms with van der Waals surface area (Å²) in [7, 11) is 0. The highest BCUT2D eigenvalue weighted by atomic mass is 16.3. The first-order valence-corrected chi connectivity index (χ1v) is 6.70. The van der Waals surface area contributed by atoms with Crippen LogP contribution in [-0.2, 0) is 6.42 Å². The van der Waals surface area contributed by atoms with Gasteiger partial charge in [-0.15, -0.1) is 0 Å². The molecular formula is C15H25NO. The summed E-state index contributed by atoms with van der Waals surface area (Å²) >= 11 is 0. The van der Waals surface area contributed by atoms with Gasteiger partial charge in [0.05, 0.1) is 6.10 Å². The van der Waals surface area contributed by atoms with E-state index in [1.807, 2.05) is 12.1 Å². The van der Waals surface area contributed by atoms with Crippen molar-refractivity contribution in [3.05, 3.63) is 35.4 Å². The molecule has 96 valence electrons. The van der Waals surface area contributed by atoms with Crippen LogP contribution in [0.25, 0.3) is 0 Å². The Bertz CT molecular complexity index is 303. The van der Waals surface area contributed by atoms with Crippen LogP contribution in [0.2, 0.25) is 0 Å². The van der Waals surface area contributed by atoms with E-state index in [1.165, 1.54) is 5.56 Å².